The van der Waals surface area contributed by atoms with Crippen LogP contribution in [0.4, 0.5) is 0 Å². The highest BCUT2D eigenvalue weighted by Crippen LogP contribution is 2.42. The first-order valence-corrected chi connectivity index (χ1v) is 12.1. The molecule has 8 heteroatoms. The van der Waals surface area contributed by atoms with Crippen molar-refractivity contribution >= 4 is 28.4 Å². The van der Waals surface area contributed by atoms with Crippen molar-refractivity contribution in [1.82, 2.24) is 9.88 Å². The number of ketones is 1. The van der Waals surface area contributed by atoms with E-state index in [9.17, 15) is 14.7 Å². The minimum atomic E-state index is -0.789. The molecule has 2 N–H and O–H groups in total. The Hall–Kier alpha value is -3.78. The third-order valence-corrected chi connectivity index (χ3v) is 6.18. The molecule has 1 unspecified atom stereocenters. The molecule has 0 aliphatic carbocycles. The van der Waals surface area contributed by atoms with E-state index in [4.69, 9.17) is 14.2 Å². The average molecular weight is 493 g/mol. The number of H-pyrrole nitrogens is 1. The molecule has 1 fully saturated rings. The van der Waals surface area contributed by atoms with Crippen LogP contribution in [0, 0.1) is 0 Å². The summed E-state index contributed by atoms with van der Waals surface area (Å²) < 4.78 is 16.8. The van der Waals surface area contributed by atoms with Gasteiger partial charge in [-0.1, -0.05) is 24.3 Å². The van der Waals surface area contributed by atoms with E-state index in [0.717, 1.165) is 10.9 Å². The number of aromatic amines is 1. The summed E-state index contributed by atoms with van der Waals surface area (Å²) in [5.41, 5.74) is 1.97. The number of likely N-dealkylation sites (tertiary alicyclic amines) is 1. The Bertz CT molecular complexity index is 1290. The molecule has 4 rings (SSSR count). The van der Waals surface area contributed by atoms with Crippen LogP contribution in [0.5, 0.6) is 11.5 Å². The molecule has 1 aliphatic rings. The van der Waals surface area contributed by atoms with Gasteiger partial charge in [0, 0.05) is 35.8 Å². The quantitative estimate of drug-likeness (QED) is 0.182. The lowest BCUT2D eigenvalue weighted by atomic mass is 9.94. The van der Waals surface area contributed by atoms with Crippen molar-refractivity contribution in [2.75, 3.05) is 26.9 Å². The molecule has 1 aliphatic heterocycles. The topological polar surface area (TPSA) is 101 Å². The summed E-state index contributed by atoms with van der Waals surface area (Å²) >= 11 is 0. The van der Waals surface area contributed by atoms with Crippen molar-refractivity contribution < 1.29 is 28.9 Å². The largest absolute Gasteiger partial charge is 0.507 e. The number of para-hydroxylation sites is 1. The molecule has 1 aromatic heterocycles. The molecule has 1 amide bonds. The summed E-state index contributed by atoms with van der Waals surface area (Å²) in [6.07, 6.45) is 2.26. The number of carbonyl (C=O) groups is 2. The smallest absolute Gasteiger partial charge is 0.295 e. The standard InChI is InChI=1S/C28H32N2O6/c1-5-35-23-15-18(11-12-22(23)34-4)25-24(26(31)20-16-29-21-10-7-6-9-19(20)21)27(32)28(33)30(25)13-8-14-36-17(2)3/h6-7,9-12,15-17,25,29,31H,5,8,13-14H2,1-4H3/b26-24-. The number of aliphatic hydroxyl groups excluding tert-OH is 1. The minimum Gasteiger partial charge on any atom is -0.507 e. The lowest BCUT2D eigenvalue weighted by Gasteiger charge is -2.26. The highest BCUT2D eigenvalue weighted by molar-refractivity contribution is 6.46. The van der Waals surface area contributed by atoms with E-state index in [-0.39, 0.29) is 17.4 Å². The second-order valence-corrected chi connectivity index (χ2v) is 8.86. The first kappa shape index (κ1) is 25.3. The molecule has 1 saturated heterocycles. The zero-order valence-corrected chi connectivity index (χ0v) is 21.0. The van der Waals surface area contributed by atoms with Crippen LogP contribution in [0.15, 0.2) is 54.2 Å². The maximum Gasteiger partial charge on any atom is 0.295 e. The number of aliphatic hydroxyl groups is 1. The summed E-state index contributed by atoms with van der Waals surface area (Å²) in [6, 6.07) is 12.0. The van der Waals surface area contributed by atoms with Crippen LogP contribution in [0.25, 0.3) is 16.7 Å². The Labute approximate surface area is 210 Å². The van der Waals surface area contributed by atoms with Gasteiger partial charge in [-0.15, -0.1) is 0 Å². The number of methoxy groups -OCH3 is 1. The Balaban J connectivity index is 1.83. The van der Waals surface area contributed by atoms with Crippen LogP contribution in [0.1, 0.15) is 44.4 Å². The average Bonchev–Trinajstić information content (AvgIpc) is 3.41. The summed E-state index contributed by atoms with van der Waals surface area (Å²) in [4.78, 5) is 31.2. The van der Waals surface area contributed by atoms with Gasteiger partial charge in [0.15, 0.2) is 11.5 Å². The van der Waals surface area contributed by atoms with Crippen molar-refractivity contribution in [3.05, 3.63) is 65.4 Å². The molecule has 190 valence electrons. The summed E-state index contributed by atoms with van der Waals surface area (Å²) in [6.45, 7) is 6.91. The molecule has 0 saturated carbocycles. The number of amides is 1. The zero-order valence-electron chi connectivity index (χ0n) is 21.0. The monoisotopic (exact) mass is 492 g/mol. The molecule has 2 aromatic carbocycles. The Morgan fingerprint density at radius 3 is 2.64 bits per heavy atom. The molecule has 8 nitrogen and oxygen atoms in total. The van der Waals surface area contributed by atoms with E-state index in [1.54, 1.807) is 31.5 Å². The normalized spacial score (nSPS) is 17.4. The lowest BCUT2D eigenvalue weighted by Crippen LogP contribution is -2.31. The van der Waals surface area contributed by atoms with E-state index in [0.29, 0.717) is 48.8 Å². The van der Waals surface area contributed by atoms with Crippen LogP contribution in [-0.2, 0) is 14.3 Å². The van der Waals surface area contributed by atoms with Crippen molar-refractivity contribution in [2.24, 2.45) is 0 Å². The van der Waals surface area contributed by atoms with Crippen LogP contribution in [-0.4, -0.2) is 59.7 Å². The molecule has 2 heterocycles. The summed E-state index contributed by atoms with van der Waals surface area (Å²) in [5, 5.41) is 12.2. The van der Waals surface area contributed by atoms with Gasteiger partial charge < -0.3 is 29.2 Å². The number of ether oxygens (including phenoxy) is 3. The van der Waals surface area contributed by atoms with Gasteiger partial charge in [-0.2, -0.15) is 0 Å². The van der Waals surface area contributed by atoms with Gasteiger partial charge in [-0.25, -0.2) is 0 Å². The van der Waals surface area contributed by atoms with Gasteiger partial charge >= 0.3 is 0 Å². The molecule has 1 atom stereocenters. The molecule has 3 aromatic rings. The van der Waals surface area contributed by atoms with Crippen molar-refractivity contribution in [2.45, 2.75) is 39.3 Å². The molecular weight excluding hydrogens is 460 g/mol. The lowest BCUT2D eigenvalue weighted by molar-refractivity contribution is -0.140. The Morgan fingerprint density at radius 2 is 1.92 bits per heavy atom. The molecular formula is C28H32N2O6. The fraction of sp³-hybridized carbons (Fsp3) is 0.357. The highest BCUT2D eigenvalue weighted by Gasteiger charge is 2.46. The number of carbonyl (C=O) groups excluding carboxylic acids is 2. The first-order chi connectivity index (χ1) is 17.4. The minimum absolute atomic E-state index is 0.0437. The zero-order chi connectivity index (χ0) is 25.8. The number of benzene rings is 2. The number of hydrogen-bond donors (Lipinski definition) is 2. The fourth-order valence-corrected chi connectivity index (χ4v) is 4.56. The van der Waals surface area contributed by atoms with Crippen LogP contribution in [0.2, 0.25) is 0 Å². The van der Waals surface area contributed by atoms with Crippen molar-refractivity contribution in [1.29, 1.82) is 0 Å². The van der Waals surface area contributed by atoms with Gasteiger partial charge in [-0.3, -0.25) is 9.59 Å². The Kier molecular flexibility index (Phi) is 7.64. The Morgan fingerprint density at radius 1 is 1.14 bits per heavy atom. The van der Waals surface area contributed by atoms with Crippen LogP contribution < -0.4 is 9.47 Å². The third kappa shape index (κ3) is 4.81. The van der Waals surface area contributed by atoms with Gasteiger partial charge in [-0.05, 0) is 51.0 Å². The number of aromatic nitrogens is 1. The molecule has 0 bridgehead atoms. The molecule has 0 radical (unpaired) electrons. The van der Waals surface area contributed by atoms with Crippen molar-refractivity contribution in [3.63, 3.8) is 0 Å². The predicted octanol–water partition coefficient (Wildman–Crippen LogP) is 4.81. The number of fused-ring (bicyclic) bond motifs is 1. The first-order valence-electron chi connectivity index (χ1n) is 12.1. The number of rotatable bonds is 10. The fourth-order valence-electron chi connectivity index (χ4n) is 4.56. The second kappa shape index (κ2) is 10.9. The van der Waals surface area contributed by atoms with Gasteiger partial charge in [0.1, 0.15) is 5.76 Å². The van der Waals surface area contributed by atoms with Gasteiger partial charge in [0.25, 0.3) is 11.7 Å². The van der Waals surface area contributed by atoms with E-state index >= 15 is 0 Å². The predicted molar refractivity (Wildman–Crippen MR) is 137 cm³/mol. The maximum absolute atomic E-state index is 13.3. The molecule has 0 spiro atoms. The van der Waals surface area contributed by atoms with E-state index < -0.39 is 17.7 Å². The van der Waals surface area contributed by atoms with Crippen LogP contribution in [0.3, 0.4) is 0 Å². The van der Waals surface area contributed by atoms with Gasteiger partial charge in [0.05, 0.1) is 31.4 Å². The van der Waals surface area contributed by atoms with E-state index in [1.807, 2.05) is 45.0 Å². The second-order valence-electron chi connectivity index (χ2n) is 8.86. The SMILES string of the molecule is CCOc1cc(C2/C(=C(/O)c3c[nH]c4ccccc34)C(=O)C(=O)N2CCCOC(C)C)ccc1OC. The molecule has 36 heavy (non-hydrogen) atoms. The maximum atomic E-state index is 13.3. The number of hydrogen-bond acceptors (Lipinski definition) is 6. The van der Waals surface area contributed by atoms with Gasteiger partial charge in [0.2, 0.25) is 0 Å². The van der Waals surface area contributed by atoms with E-state index in [2.05, 4.69) is 4.98 Å². The number of nitrogens with one attached hydrogen (secondary N) is 1. The van der Waals surface area contributed by atoms with E-state index in [1.165, 1.54) is 4.90 Å². The highest BCUT2D eigenvalue weighted by atomic mass is 16.5. The number of nitrogens with zero attached hydrogens (tertiary/aromatic N) is 1. The van der Waals surface area contributed by atoms with Crippen molar-refractivity contribution in [3.8, 4) is 11.5 Å². The summed E-state index contributed by atoms with van der Waals surface area (Å²) in [5.74, 6) is -0.551. The number of Topliss-reactive ketones (excluding diaryl/α,β-unsaturated/α-hetero) is 1. The third-order valence-electron chi connectivity index (χ3n) is 6.18. The summed E-state index contributed by atoms with van der Waals surface area (Å²) in [7, 11) is 1.55. The van der Waals surface area contributed by atoms with Crippen LogP contribution >= 0.6 is 0 Å².